The van der Waals surface area contributed by atoms with Gasteiger partial charge in [0.15, 0.2) is 0 Å². The van der Waals surface area contributed by atoms with Crippen LogP contribution in [0.2, 0.25) is 0 Å². The predicted molar refractivity (Wildman–Crippen MR) is 52.0 cm³/mol. The minimum Gasteiger partial charge on any atom is -0.381 e. The summed E-state index contributed by atoms with van der Waals surface area (Å²) in [6, 6.07) is 0.572. The van der Waals surface area contributed by atoms with Crippen molar-refractivity contribution in [3.8, 4) is 0 Å². The molecule has 1 heterocycles. The lowest BCUT2D eigenvalue weighted by molar-refractivity contribution is 0.0597. The van der Waals surface area contributed by atoms with Crippen LogP contribution in [-0.4, -0.2) is 19.3 Å². The lowest BCUT2D eigenvalue weighted by Crippen LogP contribution is -2.39. The summed E-state index contributed by atoms with van der Waals surface area (Å²) in [5.74, 6) is 7.26. The van der Waals surface area contributed by atoms with E-state index in [-0.39, 0.29) is 0 Å². The third-order valence-corrected chi connectivity index (χ3v) is 3.33. The van der Waals surface area contributed by atoms with Crippen molar-refractivity contribution in [2.45, 2.75) is 38.1 Å². The molecule has 2 aliphatic rings. The van der Waals surface area contributed by atoms with E-state index >= 15 is 0 Å². The van der Waals surface area contributed by atoms with Crippen LogP contribution >= 0.6 is 0 Å². The summed E-state index contributed by atoms with van der Waals surface area (Å²) in [6.07, 6.45) is 6.45. The number of hydrogen-bond acceptors (Lipinski definition) is 3. The summed E-state index contributed by atoms with van der Waals surface area (Å²) < 4.78 is 5.34. The SMILES string of the molecule is NNC(CC1CCOCC1)C1CC1. The molecule has 1 aliphatic carbocycles. The Bertz CT molecular complexity index is 153. The van der Waals surface area contributed by atoms with Crippen molar-refractivity contribution in [3.05, 3.63) is 0 Å². The summed E-state index contributed by atoms with van der Waals surface area (Å²) in [4.78, 5) is 0. The normalized spacial score (nSPS) is 27.5. The quantitative estimate of drug-likeness (QED) is 0.507. The number of nitrogens with one attached hydrogen (secondary N) is 1. The van der Waals surface area contributed by atoms with Crippen LogP contribution in [0.1, 0.15) is 32.1 Å². The Balaban J connectivity index is 1.73. The molecule has 0 aromatic heterocycles. The van der Waals surface area contributed by atoms with Crippen LogP contribution in [-0.2, 0) is 4.74 Å². The zero-order valence-corrected chi connectivity index (χ0v) is 8.17. The van der Waals surface area contributed by atoms with Gasteiger partial charge in [-0.3, -0.25) is 11.3 Å². The first-order chi connectivity index (χ1) is 6.40. The highest BCUT2D eigenvalue weighted by Crippen LogP contribution is 2.36. The summed E-state index contributed by atoms with van der Waals surface area (Å²) in [7, 11) is 0. The number of ether oxygens (including phenoxy) is 1. The Morgan fingerprint density at radius 2 is 1.92 bits per heavy atom. The Kier molecular flexibility index (Phi) is 3.19. The van der Waals surface area contributed by atoms with E-state index in [1.54, 1.807) is 0 Å². The molecule has 2 fully saturated rings. The second-order valence-electron chi connectivity index (χ2n) is 4.40. The van der Waals surface area contributed by atoms with Crippen molar-refractivity contribution < 1.29 is 4.74 Å². The molecule has 1 aliphatic heterocycles. The van der Waals surface area contributed by atoms with Gasteiger partial charge in [0, 0.05) is 19.3 Å². The molecule has 1 unspecified atom stereocenters. The van der Waals surface area contributed by atoms with E-state index in [1.807, 2.05) is 0 Å². The number of hydrogen-bond donors (Lipinski definition) is 2. The Morgan fingerprint density at radius 1 is 1.23 bits per heavy atom. The third-order valence-electron chi connectivity index (χ3n) is 3.33. The van der Waals surface area contributed by atoms with Crippen molar-refractivity contribution in [3.63, 3.8) is 0 Å². The van der Waals surface area contributed by atoms with E-state index in [2.05, 4.69) is 5.43 Å². The van der Waals surface area contributed by atoms with Gasteiger partial charge >= 0.3 is 0 Å². The monoisotopic (exact) mass is 184 g/mol. The molecule has 0 spiro atoms. The lowest BCUT2D eigenvalue weighted by atomic mass is 9.91. The molecule has 76 valence electrons. The zero-order valence-electron chi connectivity index (χ0n) is 8.17. The highest BCUT2D eigenvalue weighted by molar-refractivity contribution is 4.86. The molecule has 1 saturated carbocycles. The van der Waals surface area contributed by atoms with E-state index in [0.717, 1.165) is 25.0 Å². The lowest BCUT2D eigenvalue weighted by Gasteiger charge is -2.26. The molecule has 0 aromatic rings. The van der Waals surface area contributed by atoms with Crippen LogP contribution < -0.4 is 11.3 Å². The first-order valence-corrected chi connectivity index (χ1v) is 5.44. The maximum absolute atomic E-state index is 5.55. The summed E-state index contributed by atoms with van der Waals surface area (Å²) >= 11 is 0. The molecule has 1 atom stereocenters. The average molecular weight is 184 g/mol. The molecule has 0 amide bonds. The maximum atomic E-state index is 5.55. The van der Waals surface area contributed by atoms with Gasteiger partial charge in [0.1, 0.15) is 0 Å². The van der Waals surface area contributed by atoms with Crippen LogP contribution in [0.4, 0.5) is 0 Å². The number of nitrogens with two attached hydrogens (primary N) is 1. The molecule has 3 heteroatoms. The molecular formula is C10H20N2O. The number of rotatable bonds is 4. The fourth-order valence-electron chi connectivity index (χ4n) is 2.24. The van der Waals surface area contributed by atoms with Crippen LogP contribution in [0.25, 0.3) is 0 Å². The van der Waals surface area contributed by atoms with Gasteiger partial charge < -0.3 is 4.74 Å². The van der Waals surface area contributed by atoms with Crippen LogP contribution in [0.15, 0.2) is 0 Å². The molecule has 0 radical (unpaired) electrons. The van der Waals surface area contributed by atoms with Crippen molar-refractivity contribution in [1.82, 2.24) is 5.43 Å². The van der Waals surface area contributed by atoms with Crippen molar-refractivity contribution in [2.24, 2.45) is 17.7 Å². The van der Waals surface area contributed by atoms with Crippen LogP contribution in [0.3, 0.4) is 0 Å². The van der Waals surface area contributed by atoms with Gasteiger partial charge in [-0.1, -0.05) is 0 Å². The summed E-state index contributed by atoms with van der Waals surface area (Å²) in [6.45, 7) is 1.90. The highest BCUT2D eigenvalue weighted by Gasteiger charge is 2.32. The molecule has 0 aromatic carbocycles. The standard InChI is InChI=1S/C10H20N2O/c11-12-10(9-1-2-9)7-8-3-5-13-6-4-8/h8-10,12H,1-7,11H2. The first kappa shape index (κ1) is 9.44. The summed E-state index contributed by atoms with van der Waals surface area (Å²) in [5, 5.41) is 0. The minimum absolute atomic E-state index is 0.572. The van der Waals surface area contributed by atoms with Crippen molar-refractivity contribution in [1.29, 1.82) is 0 Å². The fraction of sp³-hybridized carbons (Fsp3) is 1.00. The molecule has 3 N–H and O–H groups in total. The van der Waals surface area contributed by atoms with Gasteiger partial charge in [0.25, 0.3) is 0 Å². The number of hydrazine groups is 1. The summed E-state index contributed by atoms with van der Waals surface area (Å²) in [5.41, 5.74) is 2.97. The molecular weight excluding hydrogens is 164 g/mol. The third kappa shape index (κ3) is 2.66. The van der Waals surface area contributed by atoms with Gasteiger partial charge in [-0.2, -0.15) is 0 Å². The highest BCUT2D eigenvalue weighted by atomic mass is 16.5. The first-order valence-electron chi connectivity index (χ1n) is 5.44. The van der Waals surface area contributed by atoms with E-state index < -0.39 is 0 Å². The second kappa shape index (κ2) is 4.40. The smallest absolute Gasteiger partial charge is 0.0468 e. The molecule has 1 saturated heterocycles. The van der Waals surface area contributed by atoms with Gasteiger partial charge in [0.05, 0.1) is 0 Å². The van der Waals surface area contributed by atoms with E-state index in [9.17, 15) is 0 Å². The van der Waals surface area contributed by atoms with Gasteiger partial charge in [-0.05, 0) is 43.9 Å². The average Bonchev–Trinajstić information content (AvgIpc) is 2.99. The van der Waals surface area contributed by atoms with Gasteiger partial charge in [0.2, 0.25) is 0 Å². The molecule has 2 rings (SSSR count). The van der Waals surface area contributed by atoms with Gasteiger partial charge in [-0.15, -0.1) is 0 Å². The molecule has 0 bridgehead atoms. The van der Waals surface area contributed by atoms with E-state index in [4.69, 9.17) is 10.6 Å². The van der Waals surface area contributed by atoms with Crippen molar-refractivity contribution >= 4 is 0 Å². The van der Waals surface area contributed by atoms with Crippen molar-refractivity contribution in [2.75, 3.05) is 13.2 Å². The van der Waals surface area contributed by atoms with E-state index in [0.29, 0.717) is 6.04 Å². The molecule has 3 nitrogen and oxygen atoms in total. The maximum Gasteiger partial charge on any atom is 0.0468 e. The second-order valence-corrected chi connectivity index (χ2v) is 4.40. The Hall–Kier alpha value is -0.120. The Labute approximate surface area is 80.0 Å². The van der Waals surface area contributed by atoms with Crippen LogP contribution in [0, 0.1) is 11.8 Å². The van der Waals surface area contributed by atoms with E-state index in [1.165, 1.54) is 32.1 Å². The zero-order chi connectivity index (χ0) is 9.10. The minimum atomic E-state index is 0.572. The topological polar surface area (TPSA) is 47.3 Å². The largest absolute Gasteiger partial charge is 0.381 e. The fourth-order valence-corrected chi connectivity index (χ4v) is 2.24. The van der Waals surface area contributed by atoms with Gasteiger partial charge in [-0.25, -0.2) is 0 Å². The molecule has 13 heavy (non-hydrogen) atoms. The van der Waals surface area contributed by atoms with Crippen LogP contribution in [0.5, 0.6) is 0 Å². The Morgan fingerprint density at radius 3 is 2.46 bits per heavy atom. The predicted octanol–water partition coefficient (Wildman–Crippen LogP) is 1.04.